The summed E-state index contributed by atoms with van der Waals surface area (Å²) < 4.78 is 67.6. The van der Waals surface area contributed by atoms with Gasteiger partial charge in [-0.15, -0.1) is 0 Å². The van der Waals surface area contributed by atoms with Crippen molar-refractivity contribution in [2.45, 2.75) is 56.5 Å². The fourth-order valence-corrected chi connectivity index (χ4v) is 5.32. The highest BCUT2D eigenvalue weighted by molar-refractivity contribution is 7.89. The molecule has 10 nitrogen and oxygen atoms in total. The topological polar surface area (TPSA) is 133 Å². The smallest absolute Gasteiger partial charge is 0.407 e. The number of sulfonamides is 1. The maximum atomic E-state index is 12.3. The van der Waals surface area contributed by atoms with Crippen LogP contribution in [-0.2, 0) is 14.8 Å². The molecule has 1 aromatic rings. The minimum Gasteiger partial charge on any atom is -0.444 e. The molecular weight excluding hydrogens is 479 g/mol. The van der Waals surface area contributed by atoms with Gasteiger partial charge in [0.1, 0.15) is 11.1 Å². The van der Waals surface area contributed by atoms with Gasteiger partial charge in [-0.2, -0.15) is 18.3 Å². The van der Waals surface area contributed by atoms with Crippen molar-refractivity contribution in [3.05, 3.63) is 21.6 Å². The molecule has 1 amide bonds. The standard InChI is InChI=1S/C17H23ClF3N5O5S/c18-14-13(7-22-24-15(14)27)26-6-5-12(8-26)31-16(28)23-10-1-3-11(4-2-10)25-32(29,30)9-17(19,20)21/h7,10-12,25H,1-6,8-9H2,(H,23,28)(H,24,27)/t10?,11?,12-/m1/s1. The number of alkyl halides is 3. The molecule has 1 aromatic heterocycles. The van der Waals surface area contributed by atoms with Crippen LogP contribution in [0.25, 0.3) is 0 Å². The second-order valence-electron chi connectivity index (χ2n) is 7.85. The van der Waals surface area contributed by atoms with Crippen molar-refractivity contribution in [3.8, 4) is 0 Å². The van der Waals surface area contributed by atoms with E-state index in [2.05, 4.69) is 20.2 Å². The number of carbonyl (C=O) groups is 1. The van der Waals surface area contributed by atoms with E-state index in [1.807, 2.05) is 0 Å². The Morgan fingerprint density at radius 2 is 1.91 bits per heavy atom. The van der Waals surface area contributed by atoms with Crippen molar-refractivity contribution in [3.63, 3.8) is 0 Å². The first-order valence-electron chi connectivity index (χ1n) is 9.94. The van der Waals surface area contributed by atoms with Crippen molar-refractivity contribution in [2.75, 3.05) is 23.7 Å². The first kappa shape index (κ1) is 24.6. The van der Waals surface area contributed by atoms with Gasteiger partial charge in [0.25, 0.3) is 5.56 Å². The number of carbonyl (C=O) groups excluding carboxylic acids is 1. The minimum absolute atomic E-state index is 0.00715. The van der Waals surface area contributed by atoms with E-state index in [1.54, 1.807) is 4.90 Å². The molecule has 32 heavy (non-hydrogen) atoms. The van der Waals surface area contributed by atoms with Crippen LogP contribution in [-0.4, -0.2) is 67.9 Å². The fraction of sp³-hybridized carbons (Fsp3) is 0.706. The SMILES string of the molecule is O=C(NC1CCC(NS(=O)(=O)CC(F)(F)F)CC1)O[C@@H]1CCN(c2cn[nH]c(=O)c2Cl)C1. The number of hydrogen-bond acceptors (Lipinski definition) is 7. The summed E-state index contributed by atoms with van der Waals surface area (Å²) in [4.78, 5) is 25.6. The van der Waals surface area contributed by atoms with E-state index >= 15 is 0 Å². The van der Waals surface area contributed by atoms with Crippen LogP contribution in [0.5, 0.6) is 0 Å². The highest BCUT2D eigenvalue weighted by atomic mass is 35.5. The third-order valence-electron chi connectivity index (χ3n) is 5.29. The summed E-state index contributed by atoms with van der Waals surface area (Å²) in [5.74, 6) is -1.92. The van der Waals surface area contributed by atoms with E-state index in [9.17, 15) is 31.2 Å². The van der Waals surface area contributed by atoms with Gasteiger partial charge >= 0.3 is 12.3 Å². The Kier molecular flexibility index (Phi) is 7.55. The maximum absolute atomic E-state index is 12.3. The molecule has 1 saturated heterocycles. The lowest BCUT2D eigenvalue weighted by Gasteiger charge is -2.29. The van der Waals surface area contributed by atoms with Gasteiger partial charge in [0.15, 0.2) is 5.75 Å². The molecule has 1 saturated carbocycles. The highest BCUT2D eigenvalue weighted by Gasteiger charge is 2.37. The molecule has 1 atom stereocenters. The third kappa shape index (κ3) is 6.97. The highest BCUT2D eigenvalue weighted by Crippen LogP contribution is 2.26. The molecule has 0 aromatic carbocycles. The number of ether oxygens (including phenoxy) is 1. The number of alkyl carbamates (subject to hydrolysis) is 1. The molecule has 15 heteroatoms. The fourth-order valence-electron chi connectivity index (χ4n) is 3.86. The molecule has 1 aliphatic heterocycles. The van der Waals surface area contributed by atoms with Crippen LogP contribution in [0.3, 0.4) is 0 Å². The minimum atomic E-state index is -4.80. The lowest BCUT2D eigenvalue weighted by atomic mass is 9.92. The average molecular weight is 502 g/mol. The molecule has 2 fully saturated rings. The largest absolute Gasteiger partial charge is 0.444 e. The number of rotatable bonds is 6. The molecule has 0 spiro atoms. The normalized spacial score (nSPS) is 24.4. The number of aromatic nitrogens is 2. The number of nitrogens with zero attached hydrogens (tertiary/aromatic N) is 2. The van der Waals surface area contributed by atoms with Gasteiger partial charge in [-0.25, -0.2) is 23.0 Å². The summed E-state index contributed by atoms with van der Waals surface area (Å²) in [5, 5.41) is 8.67. The van der Waals surface area contributed by atoms with Gasteiger partial charge in [-0.3, -0.25) is 4.79 Å². The Hall–Kier alpha value is -2.06. The molecular formula is C17H23ClF3N5O5S. The number of anilines is 1. The quantitative estimate of drug-likeness (QED) is 0.538. The van der Waals surface area contributed by atoms with Crippen molar-refractivity contribution < 1.29 is 31.1 Å². The molecule has 2 heterocycles. The van der Waals surface area contributed by atoms with Crippen molar-refractivity contribution in [1.29, 1.82) is 0 Å². The Bertz CT molecular complexity index is 982. The van der Waals surface area contributed by atoms with Gasteiger partial charge in [-0.1, -0.05) is 11.6 Å². The van der Waals surface area contributed by atoms with Crippen LogP contribution in [0.4, 0.5) is 23.7 Å². The average Bonchev–Trinajstić information content (AvgIpc) is 3.11. The lowest BCUT2D eigenvalue weighted by molar-refractivity contribution is -0.106. The first-order valence-corrected chi connectivity index (χ1v) is 12.0. The zero-order valence-electron chi connectivity index (χ0n) is 16.8. The number of hydrogen-bond donors (Lipinski definition) is 3. The Balaban J connectivity index is 1.41. The number of nitrogens with one attached hydrogen (secondary N) is 3. The van der Waals surface area contributed by atoms with Crippen molar-refractivity contribution in [1.82, 2.24) is 20.2 Å². The zero-order valence-corrected chi connectivity index (χ0v) is 18.4. The van der Waals surface area contributed by atoms with E-state index < -0.39 is 45.8 Å². The molecule has 3 N–H and O–H groups in total. The van der Waals surface area contributed by atoms with Crippen molar-refractivity contribution in [2.24, 2.45) is 0 Å². The van der Waals surface area contributed by atoms with Crippen LogP contribution >= 0.6 is 11.6 Å². The van der Waals surface area contributed by atoms with Crippen LogP contribution in [0.15, 0.2) is 11.0 Å². The van der Waals surface area contributed by atoms with Crippen molar-refractivity contribution >= 4 is 33.4 Å². The van der Waals surface area contributed by atoms with Gasteiger partial charge in [0, 0.05) is 25.0 Å². The number of amides is 1. The van der Waals surface area contributed by atoms with E-state index in [-0.39, 0.29) is 11.1 Å². The summed E-state index contributed by atoms with van der Waals surface area (Å²) in [6, 6.07) is -0.873. The second-order valence-corrected chi connectivity index (χ2v) is 9.98. The predicted molar refractivity (Wildman–Crippen MR) is 109 cm³/mol. The predicted octanol–water partition coefficient (Wildman–Crippen LogP) is 1.52. The van der Waals surface area contributed by atoms with Crippen LogP contribution in [0, 0.1) is 0 Å². The number of aromatic amines is 1. The van der Waals surface area contributed by atoms with E-state index in [0.717, 1.165) is 0 Å². The Morgan fingerprint density at radius 3 is 2.56 bits per heavy atom. The number of H-pyrrole nitrogens is 1. The maximum Gasteiger partial charge on any atom is 0.407 e. The summed E-state index contributed by atoms with van der Waals surface area (Å²) in [5.41, 5.74) is -0.0594. The van der Waals surface area contributed by atoms with Crippen LogP contribution in [0.1, 0.15) is 32.1 Å². The lowest BCUT2D eigenvalue weighted by Crippen LogP contribution is -2.46. The second kappa shape index (κ2) is 9.83. The molecule has 2 aliphatic rings. The molecule has 1 aliphatic carbocycles. The van der Waals surface area contributed by atoms with E-state index in [1.165, 1.54) is 6.20 Å². The molecule has 0 unspecified atom stereocenters. The zero-order chi connectivity index (χ0) is 23.5. The van der Waals surface area contributed by atoms with E-state index in [0.29, 0.717) is 50.9 Å². The Labute approximate surface area is 186 Å². The number of halogens is 4. The summed E-state index contributed by atoms with van der Waals surface area (Å²) in [6.07, 6.45) is -2.50. The molecule has 0 bridgehead atoms. The molecule has 180 valence electrons. The van der Waals surface area contributed by atoms with Gasteiger partial charge in [-0.05, 0) is 25.7 Å². The molecule has 3 rings (SSSR count). The van der Waals surface area contributed by atoms with Crippen LogP contribution in [0.2, 0.25) is 5.02 Å². The summed E-state index contributed by atoms with van der Waals surface area (Å²) >= 11 is 5.99. The Morgan fingerprint density at radius 1 is 1.25 bits per heavy atom. The first-order chi connectivity index (χ1) is 14.9. The van der Waals surface area contributed by atoms with Crippen LogP contribution < -0.4 is 20.5 Å². The van der Waals surface area contributed by atoms with E-state index in [4.69, 9.17) is 16.3 Å². The third-order valence-corrected chi connectivity index (χ3v) is 7.05. The van der Waals surface area contributed by atoms with Gasteiger partial charge in [0.05, 0.1) is 18.4 Å². The monoisotopic (exact) mass is 501 g/mol. The molecule has 0 radical (unpaired) electrons. The van der Waals surface area contributed by atoms with Gasteiger partial charge in [0.2, 0.25) is 10.0 Å². The summed E-state index contributed by atoms with van der Waals surface area (Å²) in [7, 11) is -4.46. The summed E-state index contributed by atoms with van der Waals surface area (Å²) in [6.45, 7) is 0.859. The van der Waals surface area contributed by atoms with Gasteiger partial charge < -0.3 is 15.0 Å².